The molecular formula is C11H20O2. The SMILES string of the molecule is C/C=C1/CC(C)OC1=O.CCCC. The van der Waals surface area contributed by atoms with Crippen LogP contribution < -0.4 is 0 Å². The van der Waals surface area contributed by atoms with Gasteiger partial charge in [-0.25, -0.2) is 4.79 Å². The number of hydrogen-bond donors (Lipinski definition) is 0. The molecule has 1 atom stereocenters. The largest absolute Gasteiger partial charge is 0.459 e. The maximum Gasteiger partial charge on any atom is 0.334 e. The molecule has 1 unspecified atom stereocenters. The highest BCUT2D eigenvalue weighted by Crippen LogP contribution is 2.18. The number of esters is 1. The number of ether oxygens (including phenoxy) is 1. The molecule has 1 aliphatic rings. The zero-order valence-electron chi connectivity index (χ0n) is 9.09. The molecule has 0 bridgehead atoms. The molecule has 1 heterocycles. The van der Waals surface area contributed by atoms with Gasteiger partial charge >= 0.3 is 5.97 Å². The van der Waals surface area contributed by atoms with E-state index in [-0.39, 0.29) is 12.1 Å². The van der Waals surface area contributed by atoms with Gasteiger partial charge in [0.15, 0.2) is 0 Å². The van der Waals surface area contributed by atoms with Crippen LogP contribution in [0.25, 0.3) is 0 Å². The first-order chi connectivity index (χ1) is 6.15. The average Bonchev–Trinajstić information content (AvgIpc) is 2.45. The van der Waals surface area contributed by atoms with Crippen LogP contribution >= 0.6 is 0 Å². The lowest BCUT2D eigenvalue weighted by Gasteiger charge is -1.94. The Labute approximate surface area is 81.0 Å². The van der Waals surface area contributed by atoms with Gasteiger partial charge in [0.25, 0.3) is 0 Å². The van der Waals surface area contributed by atoms with E-state index in [4.69, 9.17) is 4.74 Å². The molecular weight excluding hydrogens is 164 g/mol. The van der Waals surface area contributed by atoms with Crippen molar-refractivity contribution >= 4 is 5.97 Å². The normalized spacial score (nSPS) is 23.8. The molecule has 13 heavy (non-hydrogen) atoms. The number of allylic oxidation sites excluding steroid dienone is 1. The third-order valence-corrected chi connectivity index (χ3v) is 1.93. The van der Waals surface area contributed by atoms with Gasteiger partial charge in [0, 0.05) is 12.0 Å². The summed E-state index contributed by atoms with van der Waals surface area (Å²) in [7, 11) is 0. The average molecular weight is 184 g/mol. The van der Waals surface area contributed by atoms with Crippen molar-refractivity contribution in [2.24, 2.45) is 0 Å². The quantitative estimate of drug-likeness (QED) is 0.462. The fraction of sp³-hybridized carbons (Fsp3) is 0.727. The lowest BCUT2D eigenvalue weighted by molar-refractivity contribution is -0.138. The number of carbonyl (C=O) groups excluding carboxylic acids is 1. The van der Waals surface area contributed by atoms with Crippen LogP contribution in [-0.4, -0.2) is 12.1 Å². The minimum atomic E-state index is -0.148. The smallest absolute Gasteiger partial charge is 0.334 e. The van der Waals surface area contributed by atoms with Gasteiger partial charge in [-0.05, 0) is 13.8 Å². The van der Waals surface area contributed by atoms with E-state index in [1.54, 1.807) is 0 Å². The van der Waals surface area contributed by atoms with Crippen molar-refractivity contribution in [2.75, 3.05) is 0 Å². The second-order valence-corrected chi connectivity index (χ2v) is 3.23. The zero-order valence-corrected chi connectivity index (χ0v) is 9.09. The molecule has 0 amide bonds. The van der Waals surface area contributed by atoms with Crippen LogP contribution in [0.15, 0.2) is 11.6 Å². The lowest BCUT2D eigenvalue weighted by atomic mass is 10.2. The Morgan fingerprint density at radius 2 is 2.00 bits per heavy atom. The van der Waals surface area contributed by atoms with Gasteiger partial charge in [-0.3, -0.25) is 0 Å². The van der Waals surface area contributed by atoms with Crippen molar-refractivity contribution in [1.29, 1.82) is 0 Å². The van der Waals surface area contributed by atoms with E-state index < -0.39 is 0 Å². The first-order valence-electron chi connectivity index (χ1n) is 5.01. The van der Waals surface area contributed by atoms with E-state index in [1.165, 1.54) is 12.8 Å². The Bertz CT molecular complexity index is 181. The molecule has 1 saturated heterocycles. The fourth-order valence-electron chi connectivity index (χ4n) is 0.929. The number of rotatable bonds is 1. The predicted molar refractivity (Wildman–Crippen MR) is 54.5 cm³/mol. The minimum absolute atomic E-state index is 0.0868. The second-order valence-electron chi connectivity index (χ2n) is 3.23. The van der Waals surface area contributed by atoms with Gasteiger partial charge in [-0.2, -0.15) is 0 Å². The van der Waals surface area contributed by atoms with Crippen LogP contribution in [0, 0.1) is 0 Å². The lowest BCUT2D eigenvalue weighted by Crippen LogP contribution is -1.99. The monoisotopic (exact) mass is 184 g/mol. The van der Waals surface area contributed by atoms with Gasteiger partial charge in [-0.15, -0.1) is 0 Å². The predicted octanol–water partition coefficient (Wildman–Crippen LogP) is 3.07. The molecule has 1 fully saturated rings. The Kier molecular flexibility index (Phi) is 6.29. The molecule has 1 rings (SSSR count). The van der Waals surface area contributed by atoms with Crippen LogP contribution in [-0.2, 0) is 9.53 Å². The van der Waals surface area contributed by atoms with Crippen molar-refractivity contribution < 1.29 is 9.53 Å². The summed E-state index contributed by atoms with van der Waals surface area (Å²) in [5.41, 5.74) is 0.808. The second kappa shape index (κ2) is 6.70. The third kappa shape index (κ3) is 4.71. The first kappa shape index (κ1) is 12.2. The number of hydrogen-bond acceptors (Lipinski definition) is 2. The van der Waals surface area contributed by atoms with Crippen LogP contribution in [0.3, 0.4) is 0 Å². The maximum absolute atomic E-state index is 10.7. The summed E-state index contributed by atoms with van der Waals surface area (Å²) in [6.07, 6.45) is 5.31. The Hall–Kier alpha value is -0.790. The first-order valence-corrected chi connectivity index (χ1v) is 5.01. The number of carbonyl (C=O) groups is 1. The molecule has 0 aliphatic carbocycles. The highest BCUT2D eigenvalue weighted by molar-refractivity contribution is 5.90. The summed E-state index contributed by atoms with van der Waals surface area (Å²) < 4.78 is 4.86. The highest BCUT2D eigenvalue weighted by Gasteiger charge is 2.23. The van der Waals surface area contributed by atoms with E-state index in [0.717, 1.165) is 12.0 Å². The van der Waals surface area contributed by atoms with Crippen molar-refractivity contribution in [3.8, 4) is 0 Å². The molecule has 0 radical (unpaired) electrons. The van der Waals surface area contributed by atoms with Crippen molar-refractivity contribution in [2.45, 2.75) is 53.1 Å². The standard InChI is InChI=1S/C7H10O2.C4H10/c1-3-6-4-5(2)9-7(6)8;1-3-4-2/h3,5H,4H2,1-2H3;3-4H2,1-2H3/b6-3-;. The van der Waals surface area contributed by atoms with Crippen molar-refractivity contribution in [3.05, 3.63) is 11.6 Å². The van der Waals surface area contributed by atoms with E-state index in [2.05, 4.69) is 13.8 Å². The molecule has 1 aliphatic heterocycles. The zero-order chi connectivity index (χ0) is 10.3. The molecule has 0 spiro atoms. The third-order valence-electron chi connectivity index (χ3n) is 1.93. The molecule has 0 saturated carbocycles. The minimum Gasteiger partial charge on any atom is -0.459 e. The molecule has 0 aromatic rings. The van der Waals surface area contributed by atoms with Crippen LogP contribution in [0.5, 0.6) is 0 Å². The summed E-state index contributed by atoms with van der Waals surface area (Å²) >= 11 is 0. The summed E-state index contributed by atoms with van der Waals surface area (Å²) in [5.74, 6) is -0.148. The summed E-state index contributed by atoms with van der Waals surface area (Å²) in [6, 6.07) is 0. The maximum atomic E-state index is 10.7. The van der Waals surface area contributed by atoms with Crippen molar-refractivity contribution in [1.82, 2.24) is 0 Å². The highest BCUT2D eigenvalue weighted by atomic mass is 16.5. The Morgan fingerprint density at radius 1 is 1.46 bits per heavy atom. The van der Waals surface area contributed by atoms with E-state index >= 15 is 0 Å². The Balaban J connectivity index is 0.000000310. The molecule has 0 N–H and O–H groups in total. The molecule has 76 valence electrons. The van der Waals surface area contributed by atoms with Gasteiger partial charge < -0.3 is 4.74 Å². The van der Waals surface area contributed by atoms with Crippen LogP contribution in [0.2, 0.25) is 0 Å². The molecule has 2 nitrogen and oxygen atoms in total. The number of unbranched alkanes of at least 4 members (excludes halogenated alkanes) is 1. The topological polar surface area (TPSA) is 26.3 Å². The van der Waals surface area contributed by atoms with E-state index in [9.17, 15) is 4.79 Å². The summed E-state index contributed by atoms with van der Waals surface area (Å²) in [4.78, 5) is 10.7. The Morgan fingerprint density at radius 3 is 2.15 bits per heavy atom. The van der Waals surface area contributed by atoms with Gasteiger partial charge in [-0.1, -0.05) is 32.8 Å². The summed E-state index contributed by atoms with van der Waals surface area (Å²) in [6.45, 7) is 8.11. The molecule has 0 aromatic carbocycles. The van der Waals surface area contributed by atoms with Crippen LogP contribution in [0.1, 0.15) is 47.0 Å². The summed E-state index contributed by atoms with van der Waals surface area (Å²) in [5, 5.41) is 0. The molecule has 2 heteroatoms. The van der Waals surface area contributed by atoms with E-state index in [1.807, 2.05) is 19.9 Å². The van der Waals surface area contributed by atoms with Gasteiger partial charge in [0.1, 0.15) is 6.10 Å². The van der Waals surface area contributed by atoms with Crippen molar-refractivity contribution in [3.63, 3.8) is 0 Å². The van der Waals surface area contributed by atoms with Gasteiger partial charge in [0.05, 0.1) is 0 Å². The van der Waals surface area contributed by atoms with Gasteiger partial charge in [0.2, 0.25) is 0 Å². The van der Waals surface area contributed by atoms with Crippen LogP contribution in [0.4, 0.5) is 0 Å². The fourth-order valence-corrected chi connectivity index (χ4v) is 0.929. The molecule has 0 aromatic heterocycles. The van der Waals surface area contributed by atoms with E-state index in [0.29, 0.717) is 0 Å². The number of cyclic esters (lactones) is 1.